The third kappa shape index (κ3) is 5.11. The Kier molecular flexibility index (Phi) is 6.87. The first kappa shape index (κ1) is 25.4. The van der Waals surface area contributed by atoms with Gasteiger partial charge in [0.2, 0.25) is 5.91 Å². The molecule has 3 aromatic carbocycles. The van der Waals surface area contributed by atoms with E-state index in [0.29, 0.717) is 11.3 Å². The highest BCUT2D eigenvalue weighted by Gasteiger charge is 2.31. The van der Waals surface area contributed by atoms with Crippen LogP contribution < -0.4 is 5.32 Å². The molecule has 5 heteroatoms. The molecule has 2 unspecified atom stereocenters. The standard InChI is InChI=1S/C33H32N2O3/c1-21-10-12-27(22(2)16-21)32(25-8-6-5-7-9-25)35-31(36)18-24-11-13-29-26(17-24)19-30(38-29)33(4,37)28-14-15-34-20-23(28)3/h5-17,19-20,32,37H,18H2,1-4H3,(H,35,36). The van der Waals surface area contributed by atoms with Crippen molar-refractivity contribution in [1.82, 2.24) is 10.3 Å². The number of aryl methyl sites for hydroxylation is 3. The van der Waals surface area contributed by atoms with E-state index in [1.165, 1.54) is 5.56 Å². The number of rotatable bonds is 7. The van der Waals surface area contributed by atoms with E-state index in [-0.39, 0.29) is 18.4 Å². The summed E-state index contributed by atoms with van der Waals surface area (Å²) < 4.78 is 6.03. The summed E-state index contributed by atoms with van der Waals surface area (Å²) in [5.41, 5.74) is 6.30. The van der Waals surface area contributed by atoms with Gasteiger partial charge in [-0.3, -0.25) is 9.78 Å². The predicted molar refractivity (Wildman–Crippen MR) is 150 cm³/mol. The van der Waals surface area contributed by atoms with Crippen LogP contribution in [0, 0.1) is 20.8 Å². The molecule has 2 heterocycles. The fraction of sp³-hybridized carbons (Fsp3) is 0.212. The zero-order chi connectivity index (χ0) is 26.9. The predicted octanol–water partition coefficient (Wildman–Crippen LogP) is 6.46. The summed E-state index contributed by atoms with van der Waals surface area (Å²) in [7, 11) is 0. The number of nitrogens with zero attached hydrogens (tertiary/aromatic N) is 1. The molecule has 0 aliphatic heterocycles. The number of nitrogens with one attached hydrogen (secondary N) is 1. The summed E-state index contributed by atoms with van der Waals surface area (Å²) in [5.74, 6) is 0.378. The first-order chi connectivity index (χ1) is 18.2. The molecule has 5 aromatic rings. The molecule has 1 amide bonds. The van der Waals surface area contributed by atoms with Crippen molar-refractivity contribution in [2.45, 2.75) is 45.8 Å². The monoisotopic (exact) mass is 504 g/mol. The van der Waals surface area contributed by atoms with Gasteiger partial charge in [0.1, 0.15) is 16.9 Å². The van der Waals surface area contributed by atoms with Crippen LogP contribution in [0.25, 0.3) is 11.0 Å². The summed E-state index contributed by atoms with van der Waals surface area (Å²) in [6.07, 6.45) is 3.62. The third-order valence-electron chi connectivity index (χ3n) is 7.14. The molecule has 0 aliphatic carbocycles. The van der Waals surface area contributed by atoms with E-state index in [0.717, 1.165) is 38.8 Å². The number of benzene rings is 3. The van der Waals surface area contributed by atoms with Crippen molar-refractivity contribution in [2.24, 2.45) is 0 Å². The molecular formula is C33H32N2O3. The zero-order valence-electron chi connectivity index (χ0n) is 22.2. The molecule has 38 heavy (non-hydrogen) atoms. The van der Waals surface area contributed by atoms with Gasteiger partial charge in [0.15, 0.2) is 0 Å². The number of carbonyl (C=O) groups excluding carboxylic acids is 1. The molecule has 0 bridgehead atoms. The lowest BCUT2D eigenvalue weighted by Gasteiger charge is -2.22. The first-order valence-corrected chi connectivity index (χ1v) is 12.8. The molecule has 0 saturated heterocycles. The number of aromatic nitrogens is 1. The Morgan fingerprint density at radius 3 is 2.50 bits per heavy atom. The fourth-order valence-electron chi connectivity index (χ4n) is 5.13. The van der Waals surface area contributed by atoms with E-state index in [1.54, 1.807) is 25.4 Å². The highest BCUT2D eigenvalue weighted by molar-refractivity contribution is 5.83. The van der Waals surface area contributed by atoms with Crippen LogP contribution in [0.2, 0.25) is 0 Å². The molecule has 2 N–H and O–H groups in total. The van der Waals surface area contributed by atoms with Gasteiger partial charge in [-0.15, -0.1) is 0 Å². The SMILES string of the molecule is Cc1ccc(C(NC(=O)Cc2ccc3oc(C(C)(O)c4ccncc4C)cc3c2)c2ccccc2)c(C)c1. The lowest BCUT2D eigenvalue weighted by molar-refractivity contribution is -0.120. The van der Waals surface area contributed by atoms with Crippen LogP contribution in [-0.2, 0) is 16.8 Å². The van der Waals surface area contributed by atoms with Crippen molar-refractivity contribution < 1.29 is 14.3 Å². The summed E-state index contributed by atoms with van der Waals surface area (Å²) in [6, 6.07) is 25.5. The normalized spacial score (nSPS) is 13.7. The lowest BCUT2D eigenvalue weighted by Crippen LogP contribution is -2.31. The van der Waals surface area contributed by atoms with Gasteiger partial charge in [0.05, 0.1) is 12.5 Å². The number of furan rings is 1. The highest BCUT2D eigenvalue weighted by atomic mass is 16.4. The number of amides is 1. The molecular weight excluding hydrogens is 472 g/mol. The van der Waals surface area contributed by atoms with Gasteiger partial charge < -0.3 is 14.8 Å². The summed E-state index contributed by atoms with van der Waals surface area (Å²) in [5, 5.41) is 15.4. The van der Waals surface area contributed by atoms with Gasteiger partial charge >= 0.3 is 0 Å². The van der Waals surface area contributed by atoms with Gasteiger partial charge in [-0.1, -0.05) is 60.2 Å². The van der Waals surface area contributed by atoms with E-state index in [9.17, 15) is 9.90 Å². The molecule has 0 spiro atoms. The topological polar surface area (TPSA) is 75.4 Å². The maximum atomic E-state index is 13.3. The smallest absolute Gasteiger partial charge is 0.225 e. The Morgan fingerprint density at radius 1 is 0.974 bits per heavy atom. The average molecular weight is 505 g/mol. The van der Waals surface area contributed by atoms with Crippen LogP contribution >= 0.6 is 0 Å². The van der Waals surface area contributed by atoms with E-state index in [2.05, 4.69) is 42.3 Å². The Bertz CT molecular complexity index is 1600. The second-order valence-corrected chi connectivity index (χ2v) is 10.2. The second kappa shape index (κ2) is 10.3. The van der Waals surface area contributed by atoms with E-state index < -0.39 is 5.60 Å². The van der Waals surface area contributed by atoms with Crippen LogP contribution in [0.3, 0.4) is 0 Å². The Morgan fingerprint density at radius 2 is 1.76 bits per heavy atom. The Hall–Kier alpha value is -4.22. The van der Waals surface area contributed by atoms with Crippen LogP contribution in [0.15, 0.2) is 95.7 Å². The quantitative estimate of drug-likeness (QED) is 0.267. The summed E-state index contributed by atoms with van der Waals surface area (Å²) in [6.45, 7) is 7.79. The van der Waals surface area contributed by atoms with Crippen molar-refractivity contribution in [1.29, 1.82) is 0 Å². The average Bonchev–Trinajstić information content (AvgIpc) is 3.33. The first-order valence-electron chi connectivity index (χ1n) is 12.8. The Labute approximate surface area is 223 Å². The third-order valence-corrected chi connectivity index (χ3v) is 7.14. The Balaban J connectivity index is 1.39. The molecule has 5 rings (SSSR count). The van der Waals surface area contributed by atoms with Crippen LogP contribution in [0.4, 0.5) is 0 Å². The molecule has 0 radical (unpaired) electrons. The number of fused-ring (bicyclic) bond motifs is 1. The van der Waals surface area contributed by atoms with Gasteiger partial charge in [-0.25, -0.2) is 0 Å². The molecule has 2 aromatic heterocycles. The number of hydrogen-bond acceptors (Lipinski definition) is 4. The number of carbonyl (C=O) groups is 1. The van der Waals surface area contributed by atoms with Gasteiger partial charge in [0.25, 0.3) is 0 Å². The van der Waals surface area contributed by atoms with Gasteiger partial charge in [0, 0.05) is 17.8 Å². The van der Waals surface area contributed by atoms with E-state index >= 15 is 0 Å². The van der Waals surface area contributed by atoms with Crippen LogP contribution in [-0.4, -0.2) is 16.0 Å². The number of aliphatic hydroxyl groups is 1. The summed E-state index contributed by atoms with van der Waals surface area (Å²) in [4.78, 5) is 17.4. The largest absolute Gasteiger partial charge is 0.458 e. The molecule has 5 nitrogen and oxygen atoms in total. The maximum absolute atomic E-state index is 13.3. The number of pyridine rings is 1. The highest BCUT2D eigenvalue weighted by Crippen LogP contribution is 2.35. The zero-order valence-corrected chi connectivity index (χ0v) is 22.2. The molecule has 0 fully saturated rings. The lowest BCUT2D eigenvalue weighted by atomic mass is 9.91. The second-order valence-electron chi connectivity index (χ2n) is 10.2. The summed E-state index contributed by atoms with van der Waals surface area (Å²) >= 11 is 0. The molecule has 0 aliphatic rings. The van der Waals surface area contributed by atoms with Crippen molar-refractivity contribution in [3.8, 4) is 0 Å². The molecule has 2 atom stereocenters. The minimum atomic E-state index is -1.31. The number of hydrogen-bond donors (Lipinski definition) is 2. The van der Waals surface area contributed by atoms with E-state index in [4.69, 9.17) is 4.42 Å². The van der Waals surface area contributed by atoms with Gasteiger partial charge in [-0.05, 0) is 85.3 Å². The molecule has 192 valence electrons. The van der Waals surface area contributed by atoms with Crippen molar-refractivity contribution in [3.63, 3.8) is 0 Å². The van der Waals surface area contributed by atoms with Crippen molar-refractivity contribution in [2.75, 3.05) is 0 Å². The maximum Gasteiger partial charge on any atom is 0.225 e. The molecule has 0 saturated carbocycles. The van der Waals surface area contributed by atoms with Gasteiger partial charge in [-0.2, -0.15) is 0 Å². The fourth-order valence-corrected chi connectivity index (χ4v) is 5.13. The minimum absolute atomic E-state index is 0.0682. The van der Waals surface area contributed by atoms with Crippen molar-refractivity contribution in [3.05, 3.63) is 136 Å². The van der Waals surface area contributed by atoms with Crippen LogP contribution in [0.5, 0.6) is 0 Å². The van der Waals surface area contributed by atoms with E-state index in [1.807, 2.05) is 61.5 Å². The minimum Gasteiger partial charge on any atom is -0.458 e. The van der Waals surface area contributed by atoms with Crippen LogP contribution in [0.1, 0.15) is 57.7 Å². The van der Waals surface area contributed by atoms with Crippen molar-refractivity contribution >= 4 is 16.9 Å².